The van der Waals surface area contributed by atoms with Crippen molar-refractivity contribution in [3.8, 4) is 11.5 Å². The Bertz CT molecular complexity index is 747. The molecule has 0 amide bonds. The van der Waals surface area contributed by atoms with Gasteiger partial charge in [-0.25, -0.2) is 0 Å². The molecule has 1 heterocycles. The molecule has 0 spiro atoms. The number of non-ortho nitro benzene ring substituents is 1. The smallest absolute Gasteiger partial charge is 0.269 e. The van der Waals surface area contributed by atoms with Crippen molar-refractivity contribution in [1.82, 2.24) is 0 Å². The van der Waals surface area contributed by atoms with Crippen LogP contribution >= 0.6 is 0 Å². The molecule has 7 heteroatoms. The van der Waals surface area contributed by atoms with E-state index in [4.69, 9.17) is 4.74 Å². The SMILES string of the molecule is C[C@]1(c2cc(O)ccc2O)[NH2+]C[C@H](c2ccc([N+](=O)[O-])cc2)O1. The summed E-state index contributed by atoms with van der Waals surface area (Å²) in [6.07, 6.45) is -0.262. The van der Waals surface area contributed by atoms with Gasteiger partial charge in [0.05, 0.1) is 10.5 Å². The Morgan fingerprint density at radius 2 is 1.96 bits per heavy atom. The van der Waals surface area contributed by atoms with Crippen LogP contribution in [0.4, 0.5) is 5.69 Å². The van der Waals surface area contributed by atoms with Crippen molar-refractivity contribution in [2.24, 2.45) is 0 Å². The van der Waals surface area contributed by atoms with Crippen molar-refractivity contribution < 1.29 is 25.2 Å². The number of hydrogen-bond donors (Lipinski definition) is 3. The molecule has 1 aliphatic heterocycles. The normalized spacial score (nSPS) is 23.8. The van der Waals surface area contributed by atoms with E-state index in [-0.39, 0.29) is 23.3 Å². The number of hydrogen-bond acceptors (Lipinski definition) is 5. The molecule has 120 valence electrons. The third-order valence-electron chi connectivity index (χ3n) is 4.10. The highest BCUT2D eigenvalue weighted by Crippen LogP contribution is 2.36. The Morgan fingerprint density at radius 1 is 1.26 bits per heavy atom. The molecule has 1 saturated heterocycles. The molecule has 1 aliphatic rings. The molecule has 0 aliphatic carbocycles. The molecule has 2 aromatic carbocycles. The van der Waals surface area contributed by atoms with Crippen molar-refractivity contribution in [3.63, 3.8) is 0 Å². The summed E-state index contributed by atoms with van der Waals surface area (Å²) in [4.78, 5) is 10.3. The fourth-order valence-corrected chi connectivity index (χ4v) is 2.83. The molecule has 2 aromatic rings. The Labute approximate surface area is 132 Å². The molecule has 23 heavy (non-hydrogen) atoms. The first-order chi connectivity index (χ1) is 10.9. The maximum atomic E-state index is 10.7. The Kier molecular flexibility index (Phi) is 3.67. The first-order valence-electron chi connectivity index (χ1n) is 7.18. The summed E-state index contributed by atoms with van der Waals surface area (Å²) < 4.78 is 6.06. The molecule has 7 nitrogen and oxygen atoms in total. The number of benzene rings is 2. The molecule has 0 bridgehead atoms. The molecular weight excluding hydrogens is 300 g/mol. The average Bonchev–Trinajstić information content (AvgIpc) is 2.93. The van der Waals surface area contributed by atoms with Crippen molar-refractivity contribution in [2.75, 3.05) is 6.54 Å². The average molecular weight is 317 g/mol. The van der Waals surface area contributed by atoms with Gasteiger partial charge in [0.2, 0.25) is 5.72 Å². The van der Waals surface area contributed by atoms with Gasteiger partial charge in [-0.3, -0.25) is 10.1 Å². The lowest BCUT2D eigenvalue weighted by Gasteiger charge is -2.22. The number of ether oxygens (including phenoxy) is 1. The van der Waals surface area contributed by atoms with Crippen molar-refractivity contribution in [1.29, 1.82) is 0 Å². The summed E-state index contributed by atoms with van der Waals surface area (Å²) >= 11 is 0. The van der Waals surface area contributed by atoms with Gasteiger partial charge >= 0.3 is 0 Å². The lowest BCUT2D eigenvalue weighted by Crippen LogP contribution is -2.91. The Balaban J connectivity index is 1.84. The van der Waals surface area contributed by atoms with Gasteiger partial charge in [-0.15, -0.1) is 0 Å². The third kappa shape index (κ3) is 2.84. The first kappa shape index (κ1) is 15.3. The zero-order valence-electron chi connectivity index (χ0n) is 12.5. The minimum Gasteiger partial charge on any atom is -0.508 e. The maximum Gasteiger partial charge on any atom is 0.269 e. The molecular formula is C16H17N2O5+. The summed E-state index contributed by atoms with van der Waals surface area (Å²) in [6, 6.07) is 10.5. The zero-order valence-corrected chi connectivity index (χ0v) is 12.5. The van der Waals surface area contributed by atoms with E-state index in [1.807, 2.05) is 12.2 Å². The Morgan fingerprint density at radius 3 is 2.61 bits per heavy atom. The summed E-state index contributed by atoms with van der Waals surface area (Å²) in [5.74, 6) is 0.0979. The van der Waals surface area contributed by atoms with Crippen LogP contribution in [0.5, 0.6) is 11.5 Å². The largest absolute Gasteiger partial charge is 0.508 e. The second-order valence-corrected chi connectivity index (χ2v) is 5.70. The number of nitro groups is 1. The fourth-order valence-electron chi connectivity index (χ4n) is 2.83. The van der Waals surface area contributed by atoms with E-state index in [9.17, 15) is 20.3 Å². The van der Waals surface area contributed by atoms with E-state index in [1.165, 1.54) is 30.3 Å². The van der Waals surface area contributed by atoms with Crippen LogP contribution in [0.2, 0.25) is 0 Å². The topological polar surface area (TPSA) is 109 Å². The number of rotatable bonds is 3. The number of phenols is 2. The van der Waals surface area contributed by atoms with Crippen LogP contribution in [-0.4, -0.2) is 21.7 Å². The highest BCUT2D eigenvalue weighted by molar-refractivity contribution is 5.41. The molecule has 0 radical (unpaired) electrons. The van der Waals surface area contributed by atoms with Gasteiger partial charge in [-0.05, 0) is 35.9 Å². The van der Waals surface area contributed by atoms with Crippen LogP contribution in [0, 0.1) is 10.1 Å². The number of phenolic OH excluding ortho intramolecular Hbond substituents is 2. The number of nitro benzene ring substituents is 1. The third-order valence-corrected chi connectivity index (χ3v) is 4.10. The number of quaternary nitrogens is 1. The molecule has 4 N–H and O–H groups in total. The van der Waals surface area contributed by atoms with Gasteiger partial charge < -0.3 is 20.3 Å². The summed E-state index contributed by atoms with van der Waals surface area (Å²) in [7, 11) is 0. The van der Waals surface area contributed by atoms with Crippen LogP contribution in [0.25, 0.3) is 0 Å². The van der Waals surface area contributed by atoms with Crippen LogP contribution in [-0.2, 0) is 10.5 Å². The number of nitrogens with two attached hydrogens (primary N) is 1. The first-order valence-corrected chi connectivity index (χ1v) is 7.18. The second-order valence-electron chi connectivity index (χ2n) is 5.70. The maximum absolute atomic E-state index is 10.7. The van der Waals surface area contributed by atoms with E-state index in [0.29, 0.717) is 12.1 Å². The predicted molar refractivity (Wildman–Crippen MR) is 80.8 cm³/mol. The van der Waals surface area contributed by atoms with Crippen molar-refractivity contribution in [3.05, 3.63) is 63.7 Å². The van der Waals surface area contributed by atoms with E-state index < -0.39 is 10.6 Å². The quantitative estimate of drug-likeness (QED) is 0.451. The lowest BCUT2D eigenvalue weighted by molar-refractivity contribution is -0.740. The molecule has 0 unspecified atom stereocenters. The van der Waals surface area contributed by atoms with E-state index in [0.717, 1.165) is 5.56 Å². The van der Waals surface area contributed by atoms with E-state index in [2.05, 4.69) is 0 Å². The molecule has 1 fully saturated rings. The standard InChI is InChI=1S/C16H16N2O5/c1-16(13-8-12(19)6-7-14(13)20)17-9-15(23-16)10-2-4-11(5-3-10)18(21)22/h2-8,15,17,19-20H,9H2,1H3/p+1/t15-,16+/m1/s1. The highest BCUT2D eigenvalue weighted by Gasteiger charge is 2.44. The lowest BCUT2D eigenvalue weighted by atomic mass is 10.0. The van der Waals surface area contributed by atoms with Gasteiger partial charge in [0.15, 0.2) is 0 Å². The van der Waals surface area contributed by atoms with Crippen LogP contribution in [0.15, 0.2) is 42.5 Å². The van der Waals surface area contributed by atoms with Gasteiger partial charge in [0.1, 0.15) is 24.1 Å². The molecule has 3 rings (SSSR count). The minimum absolute atomic E-state index is 0.0316. The number of nitrogens with zero attached hydrogens (tertiary/aromatic N) is 1. The summed E-state index contributed by atoms with van der Waals surface area (Å²) in [5, 5.41) is 32.3. The van der Waals surface area contributed by atoms with E-state index in [1.54, 1.807) is 12.1 Å². The molecule has 0 saturated carbocycles. The van der Waals surface area contributed by atoms with Crippen LogP contribution < -0.4 is 5.32 Å². The van der Waals surface area contributed by atoms with Gasteiger partial charge in [-0.1, -0.05) is 0 Å². The Hall–Kier alpha value is -2.64. The molecule has 2 atom stereocenters. The monoisotopic (exact) mass is 317 g/mol. The summed E-state index contributed by atoms with van der Waals surface area (Å²) in [6.45, 7) is 2.41. The van der Waals surface area contributed by atoms with E-state index >= 15 is 0 Å². The molecule has 0 aromatic heterocycles. The number of aromatic hydroxyl groups is 2. The predicted octanol–water partition coefficient (Wildman–Crippen LogP) is 1.51. The fraction of sp³-hybridized carbons (Fsp3) is 0.250. The highest BCUT2D eigenvalue weighted by atomic mass is 16.6. The second kappa shape index (κ2) is 5.53. The van der Waals surface area contributed by atoms with Crippen molar-refractivity contribution >= 4 is 5.69 Å². The van der Waals surface area contributed by atoms with Crippen LogP contribution in [0.1, 0.15) is 24.2 Å². The van der Waals surface area contributed by atoms with Crippen LogP contribution in [0.3, 0.4) is 0 Å². The van der Waals surface area contributed by atoms with Crippen molar-refractivity contribution in [2.45, 2.75) is 18.8 Å². The van der Waals surface area contributed by atoms with Gasteiger partial charge in [0, 0.05) is 19.1 Å². The summed E-state index contributed by atoms with van der Waals surface area (Å²) in [5.41, 5.74) is 0.510. The minimum atomic E-state index is -0.838. The van der Waals surface area contributed by atoms with Gasteiger partial charge in [0.25, 0.3) is 5.69 Å². The van der Waals surface area contributed by atoms with Gasteiger partial charge in [-0.2, -0.15) is 0 Å². The zero-order chi connectivity index (χ0) is 16.6.